The molecule has 0 bridgehead atoms. The van der Waals surface area contributed by atoms with Gasteiger partial charge < -0.3 is 10.0 Å². The number of rotatable bonds is 5. The summed E-state index contributed by atoms with van der Waals surface area (Å²) in [6.45, 7) is 1.58. The van der Waals surface area contributed by atoms with Crippen molar-refractivity contribution in [3.05, 3.63) is 30.3 Å². The van der Waals surface area contributed by atoms with Gasteiger partial charge in [-0.3, -0.25) is 0 Å². The molecule has 5 nitrogen and oxygen atoms in total. The van der Waals surface area contributed by atoms with Crippen LogP contribution in [0.4, 0.5) is 0 Å². The van der Waals surface area contributed by atoms with E-state index in [9.17, 15) is 13.5 Å². The van der Waals surface area contributed by atoms with Gasteiger partial charge >= 0.3 is 0 Å². The van der Waals surface area contributed by atoms with Crippen LogP contribution in [0, 0.1) is 5.41 Å². The summed E-state index contributed by atoms with van der Waals surface area (Å²) >= 11 is 1.32. The maximum Gasteiger partial charge on any atom is 0.252 e. The number of piperidine rings is 1. The second-order valence-corrected chi connectivity index (χ2v) is 10.2. The molecule has 1 saturated heterocycles. The maximum absolute atomic E-state index is 13.1. The van der Waals surface area contributed by atoms with Gasteiger partial charge in [-0.25, -0.2) is 8.42 Å². The molecule has 3 rings (SSSR count). The number of thiophene rings is 1. The van der Waals surface area contributed by atoms with Crippen molar-refractivity contribution in [1.29, 1.82) is 0 Å². The van der Waals surface area contributed by atoms with Crippen LogP contribution in [0.2, 0.25) is 0 Å². The van der Waals surface area contributed by atoms with Crippen LogP contribution in [0.3, 0.4) is 0 Å². The molecule has 0 radical (unpaired) electrons. The number of aliphatic hydroxyl groups excluding tert-OH is 1. The monoisotopic (exact) mass is 368 g/mol. The molecule has 7 heteroatoms. The third-order valence-electron chi connectivity index (χ3n) is 4.61. The Labute approximate surface area is 147 Å². The predicted molar refractivity (Wildman–Crippen MR) is 97.9 cm³/mol. The molecule has 132 valence electrons. The van der Waals surface area contributed by atoms with Crippen molar-refractivity contribution in [3.8, 4) is 0 Å². The zero-order valence-electron chi connectivity index (χ0n) is 14.1. The van der Waals surface area contributed by atoms with Crippen LogP contribution >= 0.6 is 11.3 Å². The molecular weight excluding hydrogens is 344 g/mol. The van der Waals surface area contributed by atoms with Gasteiger partial charge in [-0.15, -0.1) is 11.3 Å². The molecule has 1 atom stereocenters. The molecule has 1 aliphatic heterocycles. The lowest BCUT2D eigenvalue weighted by Gasteiger charge is -2.42. The topological polar surface area (TPSA) is 60.9 Å². The largest absolute Gasteiger partial charge is 0.396 e. The number of benzene rings is 1. The molecule has 1 aromatic carbocycles. The first-order valence-corrected chi connectivity index (χ1v) is 10.4. The van der Waals surface area contributed by atoms with Gasteiger partial charge in [0.1, 0.15) is 4.21 Å². The lowest BCUT2D eigenvalue weighted by atomic mass is 9.81. The molecule has 2 aromatic rings. The van der Waals surface area contributed by atoms with Gasteiger partial charge in [0, 0.05) is 29.7 Å². The van der Waals surface area contributed by atoms with Crippen molar-refractivity contribution in [3.63, 3.8) is 0 Å². The summed E-state index contributed by atoms with van der Waals surface area (Å²) < 4.78 is 29.1. The van der Waals surface area contributed by atoms with Crippen LogP contribution in [0.1, 0.15) is 12.8 Å². The van der Waals surface area contributed by atoms with Crippen LogP contribution < -0.4 is 0 Å². The van der Waals surface area contributed by atoms with Gasteiger partial charge in [-0.1, -0.05) is 18.2 Å². The summed E-state index contributed by atoms with van der Waals surface area (Å²) in [5, 5.41) is 10.9. The Bertz CT molecular complexity index is 783. The van der Waals surface area contributed by atoms with Crippen molar-refractivity contribution in [2.24, 2.45) is 5.41 Å². The average molecular weight is 369 g/mol. The van der Waals surface area contributed by atoms with E-state index in [1.54, 1.807) is 10.4 Å². The Morgan fingerprint density at radius 1 is 1.33 bits per heavy atom. The molecule has 2 heterocycles. The van der Waals surface area contributed by atoms with Crippen LogP contribution in [0.25, 0.3) is 10.1 Å². The second-order valence-electron chi connectivity index (χ2n) is 6.94. The molecule has 0 aliphatic carbocycles. The number of hydrogen-bond donors (Lipinski definition) is 1. The highest BCUT2D eigenvalue weighted by molar-refractivity contribution is 7.91. The molecule has 1 aliphatic rings. The van der Waals surface area contributed by atoms with E-state index < -0.39 is 10.0 Å². The summed E-state index contributed by atoms with van der Waals surface area (Å²) in [5.41, 5.74) is -0.383. The van der Waals surface area contributed by atoms with Crippen molar-refractivity contribution in [2.45, 2.75) is 17.1 Å². The number of nitrogens with zero attached hydrogens (tertiary/aromatic N) is 2. The third-order valence-corrected chi connectivity index (χ3v) is 8.02. The highest BCUT2D eigenvalue weighted by Crippen LogP contribution is 2.36. The number of fused-ring (bicyclic) bond motifs is 1. The quantitative estimate of drug-likeness (QED) is 0.879. The van der Waals surface area contributed by atoms with Crippen LogP contribution in [-0.4, -0.2) is 63.1 Å². The van der Waals surface area contributed by atoms with E-state index >= 15 is 0 Å². The number of hydrogen-bond acceptors (Lipinski definition) is 5. The van der Waals surface area contributed by atoms with E-state index in [1.165, 1.54) is 11.3 Å². The minimum Gasteiger partial charge on any atom is -0.396 e. The summed E-state index contributed by atoms with van der Waals surface area (Å²) in [6, 6.07) is 9.48. The van der Waals surface area contributed by atoms with Crippen molar-refractivity contribution < 1.29 is 13.5 Å². The van der Waals surface area contributed by atoms with E-state index in [-0.39, 0.29) is 12.0 Å². The van der Waals surface area contributed by atoms with Crippen LogP contribution in [0.15, 0.2) is 34.5 Å². The average Bonchev–Trinajstić information content (AvgIpc) is 2.99. The smallest absolute Gasteiger partial charge is 0.252 e. The third kappa shape index (κ3) is 3.36. The summed E-state index contributed by atoms with van der Waals surface area (Å²) in [4.78, 5) is 2.02. The van der Waals surface area contributed by atoms with Gasteiger partial charge in [0.15, 0.2) is 0 Å². The fourth-order valence-corrected chi connectivity index (χ4v) is 6.70. The summed E-state index contributed by atoms with van der Waals surface area (Å²) in [5.74, 6) is 0. The van der Waals surface area contributed by atoms with Crippen molar-refractivity contribution in [1.82, 2.24) is 9.21 Å². The Hall–Kier alpha value is -0.990. The molecule has 1 N–H and O–H groups in total. The Kier molecular flexibility index (Phi) is 4.99. The van der Waals surface area contributed by atoms with Crippen molar-refractivity contribution in [2.75, 3.05) is 40.3 Å². The zero-order valence-corrected chi connectivity index (χ0v) is 15.7. The first-order chi connectivity index (χ1) is 11.4. The zero-order chi connectivity index (χ0) is 17.4. The maximum atomic E-state index is 13.1. The fourth-order valence-electron chi connectivity index (χ4n) is 3.56. The lowest BCUT2D eigenvalue weighted by molar-refractivity contribution is 0.0410. The molecule has 1 unspecified atom stereocenters. The predicted octanol–water partition coefficient (Wildman–Crippen LogP) is 2.23. The van der Waals surface area contributed by atoms with Gasteiger partial charge in [-0.2, -0.15) is 4.31 Å². The Morgan fingerprint density at radius 3 is 2.75 bits per heavy atom. The normalized spacial score (nSPS) is 23.2. The van der Waals surface area contributed by atoms with E-state index in [1.807, 2.05) is 43.3 Å². The minimum atomic E-state index is -3.52. The van der Waals surface area contributed by atoms with Gasteiger partial charge in [0.05, 0.1) is 6.61 Å². The van der Waals surface area contributed by atoms with E-state index in [0.717, 1.165) is 22.9 Å². The Balaban J connectivity index is 1.91. The lowest BCUT2D eigenvalue weighted by Crippen LogP contribution is -2.51. The fraction of sp³-hybridized carbons (Fsp3) is 0.529. The highest BCUT2D eigenvalue weighted by atomic mass is 32.2. The highest BCUT2D eigenvalue weighted by Gasteiger charge is 2.40. The minimum absolute atomic E-state index is 0.00359. The molecule has 24 heavy (non-hydrogen) atoms. The molecule has 1 fully saturated rings. The standard InChI is InChI=1S/C17H24N2O3S2/c1-18(2)11-17(13-20)8-5-9-19(12-17)24(21,22)16-10-14-6-3-4-7-15(14)23-16/h3-4,6-7,10,20H,5,8-9,11-13H2,1-2H3. The second kappa shape index (κ2) is 6.72. The van der Waals surface area contributed by atoms with Gasteiger partial charge in [-0.05, 0) is 44.5 Å². The van der Waals surface area contributed by atoms with E-state index in [4.69, 9.17) is 0 Å². The van der Waals surface area contributed by atoms with Gasteiger partial charge in [0.25, 0.3) is 10.0 Å². The van der Waals surface area contributed by atoms with E-state index in [0.29, 0.717) is 23.8 Å². The first kappa shape index (κ1) is 17.8. The molecule has 0 amide bonds. The summed E-state index contributed by atoms with van der Waals surface area (Å²) in [7, 11) is 0.392. The first-order valence-electron chi connectivity index (χ1n) is 8.11. The Morgan fingerprint density at radius 2 is 2.08 bits per heavy atom. The molecule has 0 saturated carbocycles. The van der Waals surface area contributed by atoms with Gasteiger partial charge in [0.2, 0.25) is 0 Å². The van der Waals surface area contributed by atoms with Crippen LogP contribution in [-0.2, 0) is 10.0 Å². The molecule has 0 spiro atoms. The van der Waals surface area contributed by atoms with Crippen LogP contribution in [0.5, 0.6) is 0 Å². The summed E-state index contributed by atoms with van der Waals surface area (Å²) in [6.07, 6.45) is 1.62. The molecular formula is C17H24N2O3S2. The van der Waals surface area contributed by atoms with Crippen molar-refractivity contribution >= 4 is 31.4 Å². The van der Waals surface area contributed by atoms with E-state index in [2.05, 4.69) is 0 Å². The number of aliphatic hydroxyl groups is 1. The SMILES string of the molecule is CN(C)CC1(CO)CCCN(S(=O)(=O)c2cc3ccccc3s2)C1. The number of sulfonamides is 1. The molecule has 1 aromatic heterocycles.